The Hall–Kier alpha value is -0.205. The van der Waals surface area contributed by atoms with Gasteiger partial charge in [0.25, 0.3) is 0 Å². The molecule has 10 heavy (non-hydrogen) atoms. The van der Waals surface area contributed by atoms with Crippen LogP contribution in [0.2, 0.25) is 5.82 Å². The van der Waals surface area contributed by atoms with Crippen molar-refractivity contribution >= 4 is 19.4 Å². The van der Waals surface area contributed by atoms with Gasteiger partial charge in [0.05, 0.1) is 14.0 Å². The van der Waals surface area contributed by atoms with Crippen LogP contribution >= 0.6 is 11.6 Å². The summed E-state index contributed by atoms with van der Waals surface area (Å²) < 4.78 is 5.04. The Kier molecular flexibility index (Phi) is 2.58. The molecule has 2 radical (unpaired) electrons. The lowest BCUT2D eigenvalue weighted by molar-refractivity contribution is 0.143. The van der Waals surface area contributed by atoms with Gasteiger partial charge in [-0.3, -0.25) is 0 Å². The van der Waals surface area contributed by atoms with Gasteiger partial charge in [-0.05, 0) is 18.0 Å². The van der Waals surface area contributed by atoms with Crippen molar-refractivity contribution < 1.29 is 4.74 Å². The van der Waals surface area contributed by atoms with Gasteiger partial charge in [-0.1, -0.05) is 17.7 Å². The van der Waals surface area contributed by atoms with Crippen LogP contribution in [0.15, 0.2) is 23.3 Å². The van der Waals surface area contributed by atoms with E-state index in [4.69, 9.17) is 24.2 Å². The Morgan fingerprint density at radius 3 is 2.90 bits per heavy atom. The molecule has 3 heteroatoms. The Balaban J connectivity index is 2.67. The van der Waals surface area contributed by atoms with Gasteiger partial charge in [0.2, 0.25) is 0 Å². The third-order valence-corrected chi connectivity index (χ3v) is 1.70. The van der Waals surface area contributed by atoms with Crippen molar-refractivity contribution in [2.24, 2.45) is 0 Å². The van der Waals surface area contributed by atoms with Crippen LogP contribution in [-0.4, -0.2) is 21.1 Å². The van der Waals surface area contributed by atoms with E-state index in [1.807, 2.05) is 6.08 Å². The summed E-state index contributed by atoms with van der Waals surface area (Å²) in [7, 11) is 7.25. The van der Waals surface area contributed by atoms with Gasteiger partial charge in [0.1, 0.15) is 0 Å². The minimum atomic E-state index is -0.0718. The smallest absolute Gasteiger partial charge is 0.0795 e. The molecule has 52 valence electrons. The number of ether oxygens (including phenoxy) is 1. The summed E-state index contributed by atoms with van der Waals surface area (Å²) in [5.41, 5.74) is 0. The third-order valence-electron chi connectivity index (χ3n) is 1.45. The first-order valence-electron chi connectivity index (χ1n) is 3.08. The summed E-state index contributed by atoms with van der Waals surface area (Å²) in [4.78, 5) is 0. The van der Waals surface area contributed by atoms with E-state index in [2.05, 4.69) is 0 Å². The van der Waals surface area contributed by atoms with Crippen LogP contribution in [0.25, 0.3) is 0 Å². The molecule has 0 N–H and O–H groups in total. The van der Waals surface area contributed by atoms with Gasteiger partial charge >= 0.3 is 0 Å². The monoisotopic (exact) mass is 154 g/mol. The number of rotatable bonds is 1. The summed E-state index contributed by atoms with van der Waals surface area (Å²) in [5.74, 6) is -0.0625. The molecule has 0 aromatic rings. The minimum Gasteiger partial charge on any atom is -0.378 e. The summed E-state index contributed by atoms with van der Waals surface area (Å²) in [6.45, 7) is 0. The fourth-order valence-electron chi connectivity index (χ4n) is 0.861. The molecule has 0 saturated heterocycles. The Labute approximate surface area is 67.1 Å². The van der Waals surface area contributed by atoms with Crippen molar-refractivity contribution in [1.29, 1.82) is 0 Å². The summed E-state index contributed by atoms with van der Waals surface area (Å²) in [5, 5.41) is 0.688. The molecule has 0 aromatic carbocycles. The highest BCUT2D eigenvalue weighted by Gasteiger charge is 2.14. The van der Waals surface area contributed by atoms with E-state index in [0.717, 1.165) is 0 Å². The molecule has 2 atom stereocenters. The highest BCUT2D eigenvalue weighted by molar-refractivity contribution is 6.31. The molecule has 0 heterocycles. The van der Waals surface area contributed by atoms with Crippen LogP contribution in [0.4, 0.5) is 0 Å². The zero-order valence-corrected chi connectivity index (χ0v) is 6.51. The van der Waals surface area contributed by atoms with E-state index < -0.39 is 0 Å². The van der Waals surface area contributed by atoms with E-state index in [0.29, 0.717) is 5.03 Å². The van der Waals surface area contributed by atoms with Crippen LogP contribution in [0.3, 0.4) is 0 Å². The van der Waals surface area contributed by atoms with Crippen LogP contribution in [-0.2, 0) is 4.74 Å². The molecule has 0 spiro atoms. The minimum absolute atomic E-state index is 0.0625. The average Bonchev–Trinajstić information content (AvgIpc) is 1.94. The molecule has 1 nitrogen and oxygen atoms in total. The normalized spacial score (nSPS) is 32.0. The van der Waals surface area contributed by atoms with Gasteiger partial charge < -0.3 is 4.74 Å². The van der Waals surface area contributed by atoms with Gasteiger partial charge in [-0.25, -0.2) is 0 Å². The first-order valence-corrected chi connectivity index (χ1v) is 3.45. The number of hydrogen-bond acceptors (Lipinski definition) is 1. The summed E-state index contributed by atoms with van der Waals surface area (Å²) in [6, 6.07) is 0. The number of halogens is 1. The van der Waals surface area contributed by atoms with E-state index in [1.54, 1.807) is 19.3 Å². The fraction of sp³-hybridized carbons (Fsp3) is 0.429. The molecule has 1 aliphatic rings. The van der Waals surface area contributed by atoms with E-state index in [1.165, 1.54) is 0 Å². The molecule has 0 fully saturated rings. The second-order valence-corrected chi connectivity index (χ2v) is 2.62. The van der Waals surface area contributed by atoms with E-state index in [9.17, 15) is 0 Å². The quantitative estimate of drug-likeness (QED) is 0.522. The molecule has 0 amide bonds. The predicted molar refractivity (Wildman–Crippen MR) is 43.4 cm³/mol. The lowest BCUT2D eigenvalue weighted by atomic mass is 9.80. The lowest BCUT2D eigenvalue weighted by Gasteiger charge is -2.19. The molecule has 0 aromatic heterocycles. The molecular formula is C7H8BClO. The second-order valence-electron chi connectivity index (χ2n) is 2.19. The van der Waals surface area contributed by atoms with Crippen LogP contribution in [0.5, 0.6) is 0 Å². The first-order chi connectivity index (χ1) is 4.74. The van der Waals surface area contributed by atoms with Gasteiger partial charge in [-0.15, -0.1) is 0 Å². The number of allylic oxidation sites excluding steroid dienone is 2. The predicted octanol–water partition coefficient (Wildman–Crippen LogP) is 1.65. The molecule has 1 aliphatic carbocycles. The standard InChI is InChI=1S/C7H8BClO/c1-10-7-4-5(9)2-3-6(7)8/h2-4,6-7H,1H3. The number of methoxy groups -OCH3 is 1. The highest BCUT2D eigenvalue weighted by Crippen LogP contribution is 2.22. The first kappa shape index (κ1) is 7.90. The third kappa shape index (κ3) is 1.64. The topological polar surface area (TPSA) is 9.23 Å². The van der Waals surface area contributed by atoms with Gasteiger partial charge in [-0.2, -0.15) is 0 Å². The molecular weight excluding hydrogens is 146 g/mol. The summed E-state index contributed by atoms with van der Waals surface area (Å²) >= 11 is 5.69. The molecule has 1 rings (SSSR count). The van der Waals surface area contributed by atoms with E-state index in [-0.39, 0.29) is 11.9 Å². The molecule has 2 unspecified atom stereocenters. The maximum Gasteiger partial charge on any atom is 0.0795 e. The summed E-state index contributed by atoms with van der Waals surface area (Å²) in [6.07, 6.45) is 5.34. The van der Waals surface area contributed by atoms with Crippen molar-refractivity contribution in [2.45, 2.75) is 11.9 Å². The largest absolute Gasteiger partial charge is 0.378 e. The average molecular weight is 154 g/mol. The zero-order valence-electron chi connectivity index (χ0n) is 5.75. The van der Waals surface area contributed by atoms with Crippen molar-refractivity contribution in [2.75, 3.05) is 7.11 Å². The molecule has 0 saturated carbocycles. The van der Waals surface area contributed by atoms with Crippen molar-refractivity contribution in [3.05, 3.63) is 23.3 Å². The Morgan fingerprint density at radius 1 is 1.70 bits per heavy atom. The highest BCUT2D eigenvalue weighted by atomic mass is 35.5. The SMILES string of the molecule is [B]C1C=CC(Cl)=CC1OC. The van der Waals surface area contributed by atoms with Crippen molar-refractivity contribution in [3.8, 4) is 0 Å². The molecule has 0 bridgehead atoms. The van der Waals surface area contributed by atoms with Crippen LogP contribution in [0, 0.1) is 0 Å². The Bertz CT molecular complexity index is 176. The fourth-order valence-corrected chi connectivity index (χ4v) is 1.06. The number of hydrogen-bond donors (Lipinski definition) is 0. The van der Waals surface area contributed by atoms with Crippen LogP contribution in [0.1, 0.15) is 0 Å². The Morgan fingerprint density at radius 2 is 2.40 bits per heavy atom. The van der Waals surface area contributed by atoms with Crippen LogP contribution < -0.4 is 0 Å². The van der Waals surface area contributed by atoms with Crippen molar-refractivity contribution in [3.63, 3.8) is 0 Å². The second kappa shape index (κ2) is 3.26. The maximum absolute atomic E-state index is 5.69. The van der Waals surface area contributed by atoms with Crippen molar-refractivity contribution in [1.82, 2.24) is 0 Å². The lowest BCUT2D eigenvalue weighted by Crippen LogP contribution is -2.16. The molecule has 0 aliphatic heterocycles. The van der Waals surface area contributed by atoms with E-state index >= 15 is 0 Å². The van der Waals surface area contributed by atoms with Gasteiger partial charge in [0.15, 0.2) is 0 Å². The van der Waals surface area contributed by atoms with Gasteiger partial charge in [0, 0.05) is 12.1 Å². The zero-order chi connectivity index (χ0) is 7.56. The maximum atomic E-state index is 5.69.